The summed E-state index contributed by atoms with van der Waals surface area (Å²) in [5.41, 5.74) is 1.94. The molecule has 1 aromatic heterocycles. The topological polar surface area (TPSA) is 60.7 Å². The third-order valence-electron chi connectivity index (χ3n) is 5.99. The Labute approximate surface area is 171 Å². The van der Waals surface area contributed by atoms with Gasteiger partial charge >= 0.3 is 0 Å². The maximum absolute atomic E-state index is 12.6. The van der Waals surface area contributed by atoms with Crippen molar-refractivity contribution in [3.05, 3.63) is 59.9 Å². The molecule has 2 aromatic carbocycles. The van der Waals surface area contributed by atoms with Crippen LogP contribution in [0.15, 0.2) is 52.9 Å². The first-order valence-corrected chi connectivity index (χ1v) is 10.1. The van der Waals surface area contributed by atoms with Crippen molar-refractivity contribution < 1.29 is 18.7 Å². The van der Waals surface area contributed by atoms with E-state index in [4.69, 9.17) is 13.9 Å². The van der Waals surface area contributed by atoms with E-state index in [1.807, 2.05) is 36.4 Å². The van der Waals surface area contributed by atoms with Crippen LogP contribution < -0.4 is 14.8 Å². The smallest absolute Gasteiger partial charge is 0.227 e. The summed E-state index contributed by atoms with van der Waals surface area (Å²) in [5, 5.41) is 4.17. The van der Waals surface area contributed by atoms with Gasteiger partial charge in [0.2, 0.25) is 5.91 Å². The molecule has 1 aliphatic rings. The van der Waals surface area contributed by atoms with Gasteiger partial charge < -0.3 is 19.2 Å². The SMILES string of the molecule is COc1ccc(C2(CNC(=O)Cc3cc4ccccc4o3)CCCC2)cc1OC. The second-order valence-corrected chi connectivity index (χ2v) is 7.76. The highest BCUT2D eigenvalue weighted by Gasteiger charge is 2.36. The van der Waals surface area contributed by atoms with E-state index in [0.29, 0.717) is 12.3 Å². The van der Waals surface area contributed by atoms with Crippen LogP contribution >= 0.6 is 0 Å². The lowest BCUT2D eigenvalue weighted by Gasteiger charge is -2.30. The van der Waals surface area contributed by atoms with Gasteiger partial charge in [0.1, 0.15) is 11.3 Å². The molecule has 152 valence electrons. The summed E-state index contributed by atoms with van der Waals surface area (Å²) in [6.45, 7) is 0.613. The summed E-state index contributed by atoms with van der Waals surface area (Å²) in [5.74, 6) is 2.12. The monoisotopic (exact) mass is 393 g/mol. The number of nitrogens with one attached hydrogen (secondary N) is 1. The number of methoxy groups -OCH3 is 2. The Kier molecular flexibility index (Phi) is 5.47. The predicted molar refractivity (Wildman–Crippen MR) is 113 cm³/mol. The molecule has 1 fully saturated rings. The molecule has 0 atom stereocenters. The molecular weight excluding hydrogens is 366 g/mol. The number of rotatable bonds is 7. The minimum atomic E-state index is -0.0664. The highest BCUT2D eigenvalue weighted by molar-refractivity contribution is 5.82. The van der Waals surface area contributed by atoms with E-state index >= 15 is 0 Å². The van der Waals surface area contributed by atoms with E-state index < -0.39 is 0 Å². The van der Waals surface area contributed by atoms with Gasteiger partial charge in [-0.1, -0.05) is 37.1 Å². The molecule has 0 bridgehead atoms. The number of carbonyl (C=O) groups is 1. The van der Waals surface area contributed by atoms with Gasteiger partial charge in [-0.05, 0) is 42.7 Å². The zero-order chi connectivity index (χ0) is 20.3. The molecular formula is C24H27NO4. The van der Waals surface area contributed by atoms with Crippen LogP contribution in [0.5, 0.6) is 11.5 Å². The number of benzene rings is 2. The first-order valence-electron chi connectivity index (χ1n) is 10.1. The lowest BCUT2D eigenvalue weighted by Crippen LogP contribution is -2.39. The molecule has 0 unspecified atom stereocenters. The fraction of sp³-hybridized carbons (Fsp3) is 0.375. The van der Waals surface area contributed by atoms with Crippen LogP contribution in [0, 0.1) is 0 Å². The van der Waals surface area contributed by atoms with Crippen molar-refractivity contribution in [2.24, 2.45) is 0 Å². The summed E-state index contributed by atoms with van der Waals surface area (Å²) in [4.78, 5) is 12.6. The third kappa shape index (κ3) is 3.95. The fourth-order valence-corrected chi connectivity index (χ4v) is 4.40. The van der Waals surface area contributed by atoms with Crippen molar-refractivity contribution in [1.82, 2.24) is 5.32 Å². The molecule has 5 nitrogen and oxygen atoms in total. The summed E-state index contributed by atoms with van der Waals surface area (Å²) < 4.78 is 16.6. The Morgan fingerprint density at radius 3 is 2.52 bits per heavy atom. The number of carbonyl (C=O) groups excluding carboxylic acids is 1. The highest BCUT2D eigenvalue weighted by atomic mass is 16.5. The second-order valence-electron chi connectivity index (χ2n) is 7.76. The van der Waals surface area contributed by atoms with Gasteiger partial charge in [0, 0.05) is 17.3 Å². The van der Waals surface area contributed by atoms with Crippen LogP contribution in [0.4, 0.5) is 0 Å². The number of fused-ring (bicyclic) bond motifs is 1. The minimum Gasteiger partial charge on any atom is -0.493 e. The Hall–Kier alpha value is -2.95. The zero-order valence-corrected chi connectivity index (χ0v) is 17.0. The molecule has 3 aromatic rings. The number of amides is 1. The van der Waals surface area contributed by atoms with Crippen LogP contribution in [0.25, 0.3) is 11.0 Å². The third-order valence-corrected chi connectivity index (χ3v) is 5.99. The standard InChI is InChI=1S/C24H27NO4/c1-27-21-10-9-18(14-22(21)28-2)24(11-5-6-12-24)16-25-23(26)15-19-13-17-7-3-4-8-20(17)29-19/h3-4,7-10,13-14H,5-6,11-12,15-16H2,1-2H3,(H,25,26). The molecule has 0 saturated heterocycles. The normalized spacial score (nSPS) is 15.4. The van der Waals surface area contributed by atoms with Gasteiger partial charge in [0.05, 0.1) is 20.6 Å². The molecule has 4 rings (SSSR count). The van der Waals surface area contributed by atoms with Crippen molar-refractivity contribution >= 4 is 16.9 Å². The number of furan rings is 1. The molecule has 1 N–H and O–H groups in total. The van der Waals surface area contributed by atoms with E-state index in [2.05, 4.69) is 17.4 Å². The summed E-state index contributed by atoms with van der Waals surface area (Å²) >= 11 is 0. The first kappa shape index (κ1) is 19.4. The lowest BCUT2D eigenvalue weighted by molar-refractivity contribution is -0.120. The molecule has 0 aliphatic heterocycles. The summed E-state index contributed by atoms with van der Waals surface area (Å²) in [7, 11) is 3.29. The maximum atomic E-state index is 12.6. The molecule has 29 heavy (non-hydrogen) atoms. The Morgan fingerprint density at radius 1 is 1.03 bits per heavy atom. The largest absolute Gasteiger partial charge is 0.493 e. The van der Waals surface area contributed by atoms with Crippen LogP contribution in [0.3, 0.4) is 0 Å². The van der Waals surface area contributed by atoms with Gasteiger partial charge in [0.25, 0.3) is 0 Å². The second kappa shape index (κ2) is 8.19. The van der Waals surface area contributed by atoms with Crippen molar-refractivity contribution in [2.75, 3.05) is 20.8 Å². The van der Waals surface area contributed by atoms with Crippen molar-refractivity contribution in [2.45, 2.75) is 37.5 Å². The van der Waals surface area contributed by atoms with Crippen molar-refractivity contribution in [3.63, 3.8) is 0 Å². The number of hydrogen-bond acceptors (Lipinski definition) is 4. The van der Waals surface area contributed by atoms with Gasteiger partial charge in [-0.25, -0.2) is 0 Å². The molecule has 5 heteroatoms. The average Bonchev–Trinajstić information content (AvgIpc) is 3.39. The minimum absolute atomic E-state index is 0.0178. The van der Waals surface area contributed by atoms with Crippen LogP contribution in [-0.4, -0.2) is 26.7 Å². The van der Waals surface area contributed by atoms with E-state index in [9.17, 15) is 4.79 Å². The van der Waals surface area contributed by atoms with E-state index in [-0.39, 0.29) is 17.7 Å². The van der Waals surface area contributed by atoms with Gasteiger partial charge in [-0.3, -0.25) is 4.79 Å². The molecule has 1 saturated carbocycles. The molecule has 1 aliphatic carbocycles. The van der Waals surface area contributed by atoms with E-state index in [1.54, 1.807) is 14.2 Å². The number of ether oxygens (including phenoxy) is 2. The quantitative estimate of drug-likeness (QED) is 0.636. The van der Waals surface area contributed by atoms with Crippen LogP contribution in [-0.2, 0) is 16.6 Å². The zero-order valence-electron chi connectivity index (χ0n) is 17.0. The molecule has 0 spiro atoms. The maximum Gasteiger partial charge on any atom is 0.227 e. The van der Waals surface area contributed by atoms with Crippen LogP contribution in [0.2, 0.25) is 0 Å². The number of para-hydroxylation sites is 1. The van der Waals surface area contributed by atoms with Crippen LogP contribution in [0.1, 0.15) is 37.0 Å². The van der Waals surface area contributed by atoms with Gasteiger partial charge in [-0.2, -0.15) is 0 Å². The fourth-order valence-electron chi connectivity index (χ4n) is 4.40. The highest BCUT2D eigenvalue weighted by Crippen LogP contribution is 2.43. The summed E-state index contributed by atoms with van der Waals surface area (Å²) in [6.07, 6.45) is 4.67. The lowest BCUT2D eigenvalue weighted by atomic mass is 9.78. The van der Waals surface area contributed by atoms with Gasteiger partial charge in [0.15, 0.2) is 11.5 Å². The first-order chi connectivity index (χ1) is 14.1. The van der Waals surface area contributed by atoms with E-state index in [1.165, 1.54) is 5.56 Å². The Morgan fingerprint density at radius 2 is 1.79 bits per heavy atom. The Balaban J connectivity index is 1.47. The molecule has 1 amide bonds. The molecule has 0 radical (unpaired) electrons. The van der Waals surface area contributed by atoms with Gasteiger partial charge in [-0.15, -0.1) is 0 Å². The predicted octanol–water partition coefficient (Wildman–Crippen LogP) is 4.62. The summed E-state index contributed by atoms with van der Waals surface area (Å²) in [6, 6.07) is 15.8. The molecule has 1 heterocycles. The van der Waals surface area contributed by atoms with Crippen molar-refractivity contribution in [1.29, 1.82) is 0 Å². The van der Waals surface area contributed by atoms with E-state index in [0.717, 1.165) is 48.2 Å². The van der Waals surface area contributed by atoms with Crippen molar-refractivity contribution in [3.8, 4) is 11.5 Å². The average molecular weight is 393 g/mol. The number of hydrogen-bond donors (Lipinski definition) is 1. The Bertz CT molecular complexity index is 968.